The van der Waals surface area contributed by atoms with Crippen LogP contribution in [0.5, 0.6) is 0 Å². The number of likely N-dealkylation sites (N-methyl/N-ethyl adjacent to an activating group) is 1. The maximum atomic E-state index is 11.1. The summed E-state index contributed by atoms with van der Waals surface area (Å²) in [6.45, 7) is 7.00. The van der Waals surface area contributed by atoms with E-state index in [1.165, 1.54) is 0 Å². The normalized spacial score (nSPS) is 26.6. The number of carbonyl (C=O) groups is 1. The Bertz CT molecular complexity index is 193. The van der Waals surface area contributed by atoms with Crippen molar-refractivity contribution in [3.05, 3.63) is 0 Å². The highest BCUT2D eigenvalue weighted by Crippen LogP contribution is 2.09. The van der Waals surface area contributed by atoms with Crippen molar-refractivity contribution in [3.8, 4) is 0 Å². The summed E-state index contributed by atoms with van der Waals surface area (Å²) in [4.78, 5) is 15.4. The van der Waals surface area contributed by atoms with E-state index < -0.39 is 0 Å². The zero-order valence-electron chi connectivity index (χ0n) is 8.66. The van der Waals surface area contributed by atoms with Crippen molar-refractivity contribution in [1.82, 2.24) is 9.80 Å². The molecular weight excluding hydrogens is 166 g/mol. The van der Waals surface area contributed by atoms with Gasteiger partial charge in [0.2, 0.25) is 5.91 Å². The number of primary amides is 1. The smallest absolute Gasteiger partial charge is 0.236 e. The summed E-state index contributed by atoms with van der Waals surface area (Å²) in [6.07, 6.45) is 0. The fraction of sp³-hybridized carbons (Fsp3) is 0.889. The van der Waals surface area contributed by atoms with Gasteiger partial charge >= 0.3 is 0 Å². The molecular formula is C9H19N3O. The van der Waals surface area contributed by atoms with Crippen molar-refractivity contribution in [3.63, 3.8) is 0 Å². The van der Waals surface area contributed by atoms with Crippen molar-refractivity contribution < 1.29 is 4.79 Å². The Labute approximate surface area is 79.7 Å². The van der Waals surface area contributed by atoms with Crippen LogP contribution in [0.3, 0.4) is 0 Å². The van der Waals surface area contributed by atoms with Gasteiger partial charge in [-0.2, -0.15) is 0 Å². The van der Waals surface area contributed by atoms with Crippen LogP contribution in [-0.2, 0) is 4.79 Å². The van der Waals surface area contributed by atoms with Crippen molar-refractivity contribution in [1.29, 1.82) is 0 Å². The third-order valence-electron chi connectivity index (χ3n) is 2.74. The lowest BCUT2D eigenvalue weighted by Gasteiger charge is -2.39. The van der Waals surface area contributed by atoms with Gasteiger partial charge in [0.15, 0.2) is 0 Å². The van der Waals surface area contributed by atoms with E-state index >= 15 is 0 Å². The van der Waals surface area contributed by atoms with Crippen LogP contribution in [0.15, 0.2) is 0 Å². The molecule has 1 aliphatic rings. The number of hydrogen-bond acceptors (Lipinski definition) is 3. The first-order valence-corrected chi connectivity index (χ1v) is 4.76. The molecule has 76 valence electrons. The Hall–Kier alpha value is -0.610. The van der Waals surface area contributed by atoms with Crippen LogP contribution in [-0.4, -0.2) is 54.5 Å². The minimum Gasteiger partial charge on any atom is -0.368 e. The summed E-state index contributed by atoms with van der Waals surface area (Å²) in [6, 6.07) is 0.381. The second-order valence-electron chi connectivity index (χ2n) is 3.99. The van der Waals surface area contributed by atoms with Gasteiger partial charge in [0, 0.05) is 25.7 Å². The second-order valence-corrected chi connectivity index (χ2v) is 3.99. The number of nitrogens with zero attached hydrogens (tertiary/aromatic N) is 2. The molecule has 0 saturated carbocycles. The first kappa shape index (κ1) is 10.5. The predicted molar refractivity (Wildman–Crippen MR) is 52.3 cm³/mol. The van der Waals surface area contributed by atoms with E-state index in [9.17, 15) is 4.79 Å². The van der Waals surface area contributed by atoms with Gasteiger partial charge < -0.3 is 5.73 Å². The molecule has 4 heteroatoms. The second kappa shape index (κ2) is 4.07. The molecule has 0 spiro atoms. The van der Waals surface area contributed by atoms with Crippen LogP contribution in [0.1, 0.15) is 13.8 Å². The quantitative estimate of drug-likeness (QED) is 0.631. The monoisotopic (exact) mass is 185 g/mol. The summed E-state index contributed by atoms with van der Waals surface area (Å²) in [5.74, 6) is -0.215. The van der Waals surface area contributed by atoms with Gasteiger partial charge in [0.05, 0.1) is 0 Å². The number of amides is 1. The molecule has 1 heterocycles. The molecule has 0 bridgehead atoms. The van der Waals surface area contributed by atoms with Crippen LogP contribution in [0.4, 0.5) is 0 Å². The third kappa shape index (κ3) is 2.42. The molecule has 0 aromatic rings. The molecule has 0 aromatic carbocycles. The molecule has 1 saturated heterocycles. The van der Waals surface area contributed by atoms with Gasteiger partial charge in [-0.05, 0) is 20.9 Å². The zero-order chi connectivity index (χ0) is 10.0. The van der Waals surface area contributed by atoms with Crippen molar-refractivity contribution in [2.24, 2.45) is 5.73 Å². The highest BCUT2D eigenvalue weighted by molar-refractivity contribution is 5.80. The fourth-order valence-corrected chi connectivity index (χ4v) is 1.67. The zero-order valence-corrected chi connectivity index (χ0v) is 8.66. The van der Waals surface area contributed by atoms with Crippen LogP contribution in [0, 0.1) is 0 Å². The number of rotatable bonds is 2. The topological polar surface area (TPSA) is 49.6 Å². The molecule has 1 rings (SSSR count). The van der Waals surface area contributed by atoms with Gasteiger partial charge in [0.25, 0.3) is 0 Å². The number of carbonyl (C=O) groups excluding carboxylic acids is 1. The molecule has 1 amide bonds. The molecule has 13 heavy (non-hydrogen) atoms. The summed E-state index contributed by atoms with van der Waals surface area (Å²) in [5.41, 5.74) is 5.31. The van der Waals surface area contributed by atoms with Crippen molar-refractivity contribution in [2.45, 2.75) is 25.9 Å². The lowest BCUT2D eigenvalue weighted by Crippen LogP contribution is -2.57. The molecule has 2 N–H and O–H groups in total. The molecule has 1 unspecified atom stereocenters. The van der Waals surface area contributed by atoms with E-state index in [0.29, 0.717) is 6.04 Å². The molecule has 0 radical (unpaired) electrons. The van der Waals surface area contributed by atoms with Gasteiger partial charge in [-0.1, -0.05) is 0 Å². The highest BCUT2D eigenvalue weighted by atomic mass is 16.1. The van der Waals surface area contributed by atoms with E-state index in [-0.39, 0.29) is 11.9 Å². The average Bonchev–Trinajstić information content (AvgIpc) is 2.04. The Morgan fingerprint density at radius 1 is 1.46 bits per heavy atom. The Kier molecular flexibility index (Phi) is 3.27. The average molecular weight is 185 g/mol. The van der Waals surface area contributed by atoms with Crippen LogP contribution in [0.25, 0.3) is 0 Å². The van der Waals surface area contributed by atoms with Crippen LogP contribution < -0.4 is 5.73 Å². The van der Waals surface area contributed by atoms with Crippen LogP contribution >= 0.6 is 0 Å². The fourth-order valence-electron chi connectivity index (χ4n) is 1.67. The summed E-state index contributed by atoms with van der Waals surface area (Å²) >= 11 is 0. The van der Waals surface area contributed by atoms with Gasteiger partial charge in [0.1, 0.15) is 6.04 Å². The molecule has 0 aliphatic carbocycles. The predicted octanol–water partition coefficient (Wildman–Crippen LogP) is -0.504. The van der Waals surface area contributed by atoms with Gasteiger partial charge in [-0.25, -0.2) is 0 Å². The summed E-state index contributed by atoms with van der Waals surface area (Å²) in [7, 11) is 1.95. The van der Waals surface area contributed by atoms with Gasteiger partial charge in [-0.15, -0.1) is 0 Å². The molecule has 1 aliphatic heterocycles. The number of piperazine rings is 1. The number of nitrogens with two attached hydrogens (primary N) is 1. The SMILES string of the molecule is CC(C)N1CCN(C)C(C(N)=O)C1. The van der Waals surface area contributed by atoms with E-state index in [1.807, 2.05) is 11.9 Å². The van der Waals surface area contributed by atoms with E-state index in [1.54, 1.807) is 0 Å². The minimum atomic E-state index is -0.215. The van der Waals surface area contributed by atoms with Gasteiger partial charge in [-0.3, -0.25) is 14.6 Å². The Morgan fingerprint density at radius 3 is 2.54 bits per heavy atom. The van der Waals surface area contributed by atoms with E-state index in [4.69, 9.17) is 5.73 Å². The molecule has 4 nitrogen and oxygen atoms in total. The van der Waals surface area contributed by atoms with Crippen molar-refractivity contribution in [2.75, 3.05) is 26.7 Å². The standard InChI is InChI=1S/C9H19N3O/c1-7(2)12-5-4-11(3)8(6-12)9(10)13/h7-8H,4-6H2,1-3H3,(H2,10,13). The summed E-state index contributed by atoms with van der Waals surface area (Å²) < 4.78 is 0. The highest BCUT2D eigenvalue weighted by Gasteiger charge is 2.29. The first-order valence-electron chi connectivity index (χ1n) is 4.76. The lowest BCUT2D eigenvalue weighted by atomic mass is 10.1. The summed E-state index contributed by atoms with van der Waals surface area (Å²) in [5, 5.41) is 0. The molecule has 1 atom stereocenters. The van der Waals surface area contributed by atoms with E-state index in [2.05, 4.69) is 18.7 Å². The maximum absolute atomic E-state index is 11.1. The maximum Gasteiger partial charge on any atom is 0.236 e. The Morgan fingerprint density at radius 2 is 2.08 bits per heavy atom. The third-order valence-corrected chi connectivity index (χ3v) is 2.74. The minimum absolute atomic E-state index is 0.115. The molecule has 0 aromatic heterocycles. The molecule has 1 fully saturated rings. The first-order chi connectivity index (χ1) is 6.02. The van der Waals surface area contributed by atoms with Crippen LogP contribution in [0.2, 0.25) is 0 Å². The number of hydrogen-bond donors (Lipinski definition) is 1. The lowest BCUT2D eigenvalue weighted by molar-refractivity contribution is -0.125. The van der Waals surface area contributed by atoms with E-state index in [0.717, 1.165) is 19.6 Å². The largest absolute Gasteiger partial charge is 0.368 e. The Balaban J connectivity index is 2.58. The van der Waals surface area contributed by atoms with Crippen molar-refractivity contribution >= 4 is 5.91 Å².